The molecule has 1 aromatic heterocycles. The monoisotopic (exact) mass is 406 g/mol. The second-order valence-electron chi connectivity index (χ2n) is 7.28. The van der Waals surface area contributed by atoms with E-state index in [1.165, 1.54) is 12.0 Å². The maximum absolute atomic E-state index is 12.9. The summed E-state index contributed by atoms with van der Waals surface area (Å²) in [6, 6.07) is 14.4. The van der Waals surface area contributed by atoms with Crippen LogP contribution in [0.25, 0.3) is 10.9 Å². The van der Waals surface area contributed by atoms with E-state index in [1.807, 2.05) is 60.1 Å². The van der Waals surface area contributed by atoms with E-state index < -0.39 is 30.5 Å². The van der Waals surface area contributed by atoms with Gasteiger partial charge in [0.25, 0.3) is 5.91 Å². The SMILES string of the molecule is COC(=O)[C@@H]1Cc2ccccc2CN1C(=O)COC(=O)c1cn(C)c2ccccc12. The summed E-state index contributed by atoms with van der Waals surface area (Å²) >= 11 is 0. The molecule has 0 radical (unpaired) electrons. The van der Waals surface area contributed by atoms with E-state index in [0.29, 0.717) is 12.0 Å². The summed E-state index contributed by atoms with van der Waals surface area (Å²) in [5.74, 6) is -1.50. The molecule has 3 aromatic rings. The summed E-state index contributed by atoms with van der Waals surface area (Å²) < 4.78 is 12.0. The molecule has 0 unspecified atom stereocenters. The van der Waals surface area contributed by atoms with Crippen molar-refractivity contribution in [3.05, 3.63) is 71.4 Å². The van der Waals surface area contributed by atoms with Crippen molar-refractivity contribution in [2.45, 2.75) is 19.0 Å². The van der Waals surface area contributed by atoms with Gasteiger partial charge in [-0.3, -0.25) is 4.79 Å². The second kappa shape index (κ2) is 8.02. The molecule has 1 amide bonds. The van der Waals surface area contributed by atoms with Crippen molar-refractivity contribution in [1.82, 2.24) is 9.47 Å². The molecule has 7 heteroatoms. The molecule has 0 aliphatic carbocycles. The number of para-hydroxylation sites is 1. The van der Waals surface area contributed by atoms with Crippen LogP contribution < -0.4 is 0 Å². The molecule has 0 saturated heterocycles. The Hall–Kier alpha value is -3.61. The van der Waals surface area contributed by atoms with Crippen LogP contribution in [0.5, 0.6) is 0 Å². The smallest absolute Gasteiger partial charge is 0.340 e. The van der Waals surface area contributed by atoms with Gasteiger partial charge in [-0.1, -0.05) is 42.5 Å². The molecule has 154 valence electrons. The number of ether oxygens (including phenoxy) is 2. The molecule has 0 N–H and O–H groups in total. The lowest BCUT2D eigenvalue weighted by molar-refractivity contribution is -0.155. The van der Waals surface area contributed by atoms with E-state index in [0.717, 1.165) is 22.0 Å². The molecular weight excluding hydrogens is 384 g/mol. The highest BCUT2D eigenvalue weighted by Crippen LogP contribution is 2.25. The molecule has 0 saturated carbocycles. The molecule has 4 rings (SSSR count). The lowest BCUT2D eigenvalue weighted by Crippen LogP contribution is -2.50. The van der Waals surface area contributed by atoms with Gasteiger partial charge in [-0.05, 0) is 17.2 Å². The van der Waals surface area contributed by atoms with Crippen molar-refractivity contribution in [2.75, 3.05) is 13.7 Å². The number of nitrogens with zero attached hydrogens (tertiary/aromatic N) is 2. The third kappa shape index (κ3) is 3.54. The second-order valence-corrected chi connectivity index (χ2v) is 7.28. The van der Waals surface area contributed by atoms with Gasteiger partial charge in [0.2, 0.25) is 0 Å². The summed E-state index contributed by atoms with van der Waals surface area (Å²) in [5, 5.41) is 0.761. The largest absolute Gasteiger partial charge is 0.467 e. The van der Waals surface area contributed by atoms with Crippen LogP contribution in [0.3, 0.4) is 0 Å². The first-order valence-electron chi connectivity index (χ1n) is 9.65. The Morgan fingerprint density at radius 1 is 1.03 bits per heavy atom. The Morgan fingerprint density at radius 2 is 1.73 bits per heavy atom. The minimum absolute atomic E-state index is 0.264. The van der Waals surface area contributed by atoms with Crippen molar-refractivity contribution in [3.8, 4) is 0 Å². The zero-order chi connectivity index (χ0) is 21.3. The van der Waals surface area contributed by atoms with E-state index in [9.17, 15) is 14.4 Å². The van der Waals surface area contributed by atoms with Gasteiger partial charge in [0, 0.05) is 37.1 Å². The van der Waals surface area contributed by atoms with E-state index >= 15 is 0 Å². The van der Waals surface area contributed by atoms with Gasteiger partial charge in [-0.25, -0.2) is 9.59 Å². The van der Waals surface area contributed by atoms with Crippen LogP contribution in [0, 0.1) is 0 Å². The first-order valence-corrected chi connectivity index (χ1v) is 9.65. The van der Waals surface area contributed by atoms with Crippen molar-refractivity contribution in [2.24, 2.45) is 7.05 Å². The fraction of sp³-hybridized carbons (Fsp3) is 0.261. The fourth-order valence-electron chi connectivity index (χ4n) is 3.92. The first kappa shape index (κ1) is 19.7. The number of esters is 2. The molecule has 0 fully saturated rings. The standard InChI is InChI=1S/C23H22N2O5/c1-24-13-18(17-9-5-6-10-19(17)24)22(27)30-14-21(26)25-12-16-8-4-3-7-15(16)11-20(25)23(28)29-2/h3-10,13,20H,11-12,14H2,1-2H3/t20-/m0/s1. The number of benzene rings is 2. The molecule has 1 atom stereocenters. The number of amides is 1. The molecule has 0 spiro atoms. The molecule has 30 heavy (non-hydrogen) atoms. The minimum atomic E-state index is -0.742. The molecule has 0 bridgehead atoms. The number of aromatic nitrogens is 1. The van der Waals surface area contributed by atoms with Gasteiger partial charge in [-0.2, -0.15) is 0 Å². The number of aryl methyl sites for hydroxylation is 1. The summed E-state index contributed by atoms with van der Waals surface area (Å²) in [7, 11) is 3.14. The van der Waals surface area contributed by atoms with E-state index in [4.69, 9.17) is 9.47 Å². The van der Waals surface area contributed by atoms with Crippen molar-refractivity contribution < 1.29 is 23.9 Å². The van der Waals surface area contributed by atoms with Gasteiger partial charge in [-0.15, -0.1) is 0 Å². The van der Waals surface area contributed by atoms with Crippen LogP contribution in [-0.2, 0) is 39.1 Å². The highest BCUT2D eigenvalue weighted by molar-refractivity contribution is 6.04. The summed E-state index contributed by atoms with van der Waals surface area (Å²) in [5.41, 5.74) is 3.26. The zero-order valence-electron chi connectivity index (χ0n) is 16.8. The number of fused-ring (bicyclic) bond motifs is 2. The molecule has 1 aliphatic heterocycles. The van der Waals surface area contributed by atoms with Gasteiger partial charge in [0.1, 0.15) is 6.04 Å². The Balaban J connectivity index is 1.51. The van der Waals surface area contributed by atoms with Gasteiger partial charge < -0.3 is 18.9 Å². The minimum Gasteiger partial charge on any atom is -0.467 e. The number of carbonyl (C=O) groups excluding carboxylic acids is 3. The predicted molar refractivity (Wildman–Crippen MR) is 110 cm³/mol. The molecule has 7 nitrogen and oxygen atoms in total. The number of carbonyl (C=O) groups is 3. The first-order chi connectivity index (χ1) is 14.5. The van der Waals surface area contributed by atoms with Crippen molar-refractivity contribution >= 4 is 28.7 Å². The average Bonchev–Trinajstić information content (AvgIpc) is 3.12. The third-order valence-electron chi connectivity index (χ3n) is 5.49. The van der Waals surface area contributed by atoms with E-state index in [1.54, 1.807) is 6.20 Å². The quantitative estimate of drug-likeness (QED) is 0.622. The number of rotatable bonds is 4. The predicted octanol–water partition coefficient (Wildman–Crippen LogP) is 2.46. The van der Waals surface area contributed by atoms with Crippen LogP contribution in [0.1, 0.15) is 21.5 Å². The van der Waals surface area contributed by atoms with Crippen LogP contribution in [0.2, 0.25) is 0 Å². The number of hydrogen-bond donors (Lipinski definition) is 0. The van der Waals surface area contributed by atoms with Crippen LogP contribution in [0.15, 0.2) is 54.7 Å². The Bertz CT molecular complexity index is 1130. The Morgan fingerprint density at radius 3 is 2.50 bits per heavy atom. The molecule has 1 aliphatic rings. The van der Waals surface area contributed by atoms with Crippen molar-refractivity contribution in [1.29, 1.82) is 0 Å². The van der Waals surface area contributed by atoms with Crippen LogP contribution >= 0.6 is 0 Å². The topological polar surface area (TPSA) is 77.8 Å². The highest BCUT2D eigenvalue weighted by atomic mass is 16.5. The number of methoxy groups -OCH3 is 1. The Labute approximate surface area is 173 Å². The normalized spacial score (nSPS) is 15.5. The van der Waals surface area contributed by atoms with Crippen LogP contribution in [-0.4, -0.2) is 47.1 Å². The lowest BCUT2D eigenvalue weighted by Gasteiger charge is -2.35. The third-order valence-corrected chi connectivity index (χ3v) is 5.49. The average molecular weight is 406 g/mol. The molecule has 2 aromatic carbocycles. The molecular formula is C23H22N2O5. The van der Waals surface area contributed by atoms with Gasteiger partial charge in [0.05, 0.1) is 12.7 Å². The fourth-order valence-corrected chi connectivity index (χ4v) is 3.92. The maximum Gasteiger partial charge on any atom is 0.340 e. The van der Waals surface area contributed by atoms with Gasteiger partial charge >= 0.3 is 11.9 Å². The summed E-state index contributed by atoms with van der Waals surface area (Å²) in [4.78, 5) is 39.2. The van der Waals surface area contributed by atoms with E-state index in [-0.39, 0.29) is 6.54 Å². The number of hydrogen-bond acceptors (Lipinski definition) is 5. The molecule has 2 heterocycles. The summed E-state index contributed by atoms with van der Waals surface area (Å²) in [6.45, 7) is -0.182. The van der Waals surface area contributed by atoms with Gasteiger partial charge in [0.15, 0.2) is 6.61 Å². The summed E-state index contributed by atoms with van der Waals surface area (Å²) in [6.07, 6.45) is 2.05. The van der Waals surface area contributed by atoms with Crippen LogP contribution in [0.4, 0.5) is 0 Å². The lowest BCUT2D eigenvalue weighted by atomic mass is 9.94. The van der Waals surface area contributed by atoms with E-state index in [2.05, 4.69) is 0 Å². The van der Waals surface area contributed by atoms with Crippen molar-refractivity contribution in [3.63, 3.8) is 0 Å². The highest BCUT2D eigenvalue weighted by Gasteiger charge is 2.35. The maximum atomic E-state index is 12.9. The Kier molecular flexibility index (Phi) is 5.27. The zero-order valence-corrected chi connectivity index (χ0v) is 16.8.